The quantitative estimate of drug-likeness (QED) is 0.769. The molecule has 110 valence electrons. The number of benzene rings is 1. The second-order valence-electron chi connectivity index (χ2n) is 4.34. The average Bonchev–Trinajstić information content (AvgIpc) is 2.79. The minimum absolute atomic E-state index is 0.00636. The topological polar surface area (TPSA) is 14.2 Å². The highest BCUT2D eigenvalue weighted by Gasteiger charge is 2.27. The predicted molar refractivity (Wildman–Crippen MR) is 76.2 cm³/mol. The van der Waals surface area contributed by atoms with Crippen LogP contribution in [0.15, 0.2) is 30.5 Å². The van der Waals surface area contributed by atoms with E-state index in [0.29, 0.717) is 13.2 Å². The van der Waals surface area contributed by atoms with Gasteiger partial charge in [0.1, 0.15) is 5.75 Å². The van der Waals surface area contributed by atoms with E-state index in [9.17, 15) is 13.2 Å². The minimum atomic E-state index is -4.17. The lowest BCUT2D eigenvalue weighted by Crippen LogP contribution is -2.06. The van der Waals surface area contributed by atoms with Gasteiger partial charge in [-0.05, 0) is 36.4 Å². The van der Waals surface area contributed by atoms with Crippen LogP contribution in [0.25, 0.3) is 10.9 Å². The van der Waals surface area contributed by atoms with Crippen LogP contribution in [-0.2, 0) is 6.54 Å². The molecular formula is C14H16F3NOS. The maximum Gasteiger partial charge on any atom is 0.441 e. The standard InChI is InChI=1S/C14H16F3NOS/c1-2-9-19-13-5-3-4-12-11(13)6-7-18(12)8-10-20-14(15,16)17/h3-7H,2,8-10H2,1H3. The summed E-state index contributed by atoms with van der Waals surface area (Å²) in [4.78, 5) is 0. The summed E-state index contributed by atoms with van der Waals surface area (Å²) in [6.07, 6.45) is 2.72. The van der Waals surface area contributed by atoms with E-state index in [1.807, 2.05) is 35.8 Å². The Morgan fingerprint density at radius 3 is 2.75 bits per heavy atom. The summed E-state index contributed by atoms with van der Waals surface area (Å²) in [5, 5.41) is 0.943. The molecule has 0 bridgehead atoms. The fourth-order valence-electron chi connectivity index (χ4n) is 1.99. The van der Waals surface area contributed by atoms with Crippen LogP contribution in [0.5, 0.6) is 5.75 Å². The molecule has 0 unspecified atom stereocenters. The van der Waals surface area contributed by atoms with Gasteiger partial charge in [-0.2, -0.15) is 13.2 Å². The smallest absolute Gasteiger partial charge is 0.441 e. The van der Waals surface area contributed by atoms with Crippen molar-refractivity contribution in [3.05, 3.63) is 30.5 Å². The van der Waals surface area contributed by atoms with E-state index in [1.54, 1.807) is 6.20 Å². The fraction of sp³-hybridized carbons (Fsp3) is 0.429. The Balaban J connectivity index is 2.11. The number of aromatic nitrogens is 1. The third-order valence-electron chi connectivity index (χ3n) is 2.83. The molecule has 1 aromatic carbocycles. The zero-order valence-electron chi connectivity index (χ0n) is 11.1. The maximum atomic E-state index is 12.1. The second-order valence-corrected chi connectivity index (χ2v) is 5.50. The Morgan fingerprint density at radius 2 is 2.05 bits per heavy atom. The number of rotatable bonds is 6. The third-order valence-corrected chi connectivity index (χ3v) is 3.55. The first-order chi connectivity index (χ1) is 9.51. The van der Waals surface area contributed by atoms with Crippen molar-refractivity contribution in [3.8, 4) is 5.75 Å². The minimum Gasteiger partial charge on any atom is -0.493 e. The molecule has 0 saturated carbocycles. The lowest BCUT2D eigenvalue weighted by atomic mass is 10.2. The van der Waals surface area contributed by atoms with Crippen LogP contribution in [0, 0.1) is 0 Å². The van der Waals surface area contributed by atoms with E-state index in [4.69, 9.17) is 4.74 Å². The fourth-order valence-corrected chi connectivity index (χ4v) is 2.51. The lowest BCUT2D eigenvalue weighted by Gasteiger charge is -2.09. The van der Waals surface area contributed by atoms with Crippen LogP contribution in [0.3, 0.4) is 0 Å². The van der Waals surface area contributed by atoms with Crippen LogP contribution < -0.4 is 4.74 Å². The van der Waals surface area contributed by atoms with E-state index in [-0.39, 0.29) is 17.5 Å². The highest BCUT2D eigenvalue weighted by atomic mass is 32.2. The van der Waals surface area contributed by atoms with Crippen molar-refractivity contribution in [2.75, 3.05) is 12.4 Å². The normalized spacial score (nSPS) is 12.0. The molecule has 0 radical (unpaired) electrons. The number of alkyl halides is 3. The van der Waals surface area contributed by atoms with Gasteiger partial charge >= 0.3 is 5.51 Å². The van der Waals surface area contributed by atoms with Crippen LogP contribution in [0.2, 0.25) is 0 Å². The molecule has 0 aliphatic heterocycles. The molecule has 0 spiro atoms. The van der Waals surface area contributed by atoms with Gasteiger partial charge in [0.2, 0.25) is 0 Å². The Kier molecular flexibility index (Phi) is 4.86. The Hall–Kier alpha value is -1.30. The van der Waals surface area contributed by atoms with Crippen molar-refractivity contribution < 1.29 is 17.9 Å². The highest BCUT2D eigenvalue weighted by Crippen LogP contribution is 2.31. The predicted octanol–water partition coefficient (Wildman–Crippen LogP) is 4.68. The number of hydrogen-bond donors (Lipinski definition) is 0. The molecule has 0 aliphatic rings. The molecule has 0 amide bonds. The number of nitrogens with zero attached hydrogens (tertiary/aromatic N) is 1. The van der Waals surface area contributed by atoms with Gasteiger partial charge in [-0.25, -0.2) is 0 Å². The van der Waals surface area contributed by atoms with E-state index >= 15 is 0 Å². The summed E-state index contributed by atoms with van der Waals surface area (Å²) in [7, 11) is 0. The largest absolute Gasteiger partial charge is 0.493 e. The Labute approximate surface area is 119 Å². The van der Waals surface area contributed by atoms with Crippen molar-refractivity contribution in [2.24, 2.45) is 0 Å². The van der Waals surface area contributed by atoms with Crippen LogP contribution in [0.4, 0.5) is 13.2 Å². The number of ether oxygens (including phenoxy) is 1. The van der Waals surface area contributed by atoms with Gasteiger partial charge in [0.25, 0.3) is 0 Å². The van der Waals surface area contributed by atoms with Crippen molar-refractivity contribution in [1.29, 1.82) is 0 Å². The number of thioether (sulfide) groups is 1. The average molecular weight is 303 g/mol. The molecule has 0 atom stereocenters. The monoisotopic (exact) mass is 303 g/mol. The van der Waals surface area contributed by atoms with Crippen LogP contribution in [-0.4, -0.2) is 22.4 Å². The molecule has 2 nitrogen and oxygen atoms in total. The summed E-state index contributed by atoms with van der Waals surface area (Å²) in [5.74, 6) is 0.791. The maximum absolute atomic E-state index is 12.1. The first-order valence-electron chi connectivity index (χ1n) is 6.42. The van der Waals surface area contributed by atoms with Gasteiger partial charge < -0.3 is 9.30 Å². The molecule has 6 heteroatoms. The summed E-state index contributed by atoms with van der Waals surface area (Å²) in [6.45, 7) is 2.98. The molecule has 2 rings (SSSR count). The zero-order chi connectivity index (χ0) is 14.6. The summed E-state index contributed by atoms with van der Waals surface area (Å²) < 4.78 is 43.9. The first kappa shape index (κ1) is 15.1. The first-order valence-corrected chi connectivity index (χ1v) is 7.41. The van der Waals surface area contributed by atoms with Gasteiger partial charge in [0.15, 0.2) is 0 Å². The molecule has 1 aromatic heterocycles. The summed E-state index contributed by atoms with van der Waals surface area (Å²) in [5.41, 5.74) is -3.26. The molecule has 20 heavy (non-hydrogen) atoms. The SMILES string of the molecule is CCCOc1cccc2c1ccn2CCSC(F)(F)F. The summed E-state index contributed by atoms with van der Waals surface area (Å²) in [6, 6.07) is 7.53. The third kappa shape index (κ3) is 3.85. The van der Waals surface area contributed by atoms with E-state index < -0.39 is 5.51 Å². The van der Waals surface area contributed by atoms with Gasteiger partial charge in [-0.1, -0.05) is 13.0 Å². The molecule has 2 aromatic rings. The van der Waals surface area contributed by atoms with Gasteiger partial charge in [0, 0.05) is 23.9 Å². The molecule has 0 N–H and O–H groups in total. The lowest BCUT2D eigenvalue weighted by molar-refractivity contribution is -0.0328. The van der Waals surface area contributed by atoms with Gasteiger partial charge in [-0.3, -0.25) is 0 Å². The molecule has 0 fully saturated rings. The van der Waals surface area contributed by atoms with E-state index in [2.05, 4.69) is 0 Å². The number of halogens is 3. The van der Waals surface area contributed by atoms with Crippen molar-refractivity contribution in [1.82, 2.24) is 4.57 Å². The zero-order valence-corrected chi connectivity index (χ0v) is 11.9. The van der Waals surface area contributed by atoms with Gasteiger partial charge in [0.05, 0.1) is 12.1 Å². The molecule has 0 aliphatic carbocycles. The van der Waals surface area contributed by atoms with E-state index in [0.717, 1.165) is 23.1 Å². The number of aryl methyl sites for hydroxylation is 1. The Bertz CT molecular complexity index is 565. The van der Waals surface area contributed by atoms with Crippen LogP contribution >= 0.6 is 11.8 Å². The van der Waals surface area contributed by atoms with E-state index in [1.165, 1.54) is 0 Å². The summed E-state index contributed by atoms with van der Waals surface area (Å²) >= 11 is 0.00636. The number of fused-ring (bicyclic) bond motifs is 1. The molecule has 0 saturated heterocycles. The Morgan fingerprint density at radius 1 is 1.25 bits per heavy atom. The number of hydrogen-bond acceptors (Lipinski definition) is 2. The molecule has 1 heterocycles. The van der Waals surface area contributed by atoms with Crippen molar-refractivity contribution in [2.45, 2.75) is 25.4 Å². The van der Waals surface area contributed by atoms with Crippen LogP contribution in [0.1, 0.15) is 13.3 Å². The highest BCUT2D eigenvalue weighted by molar-refractivity contribution is 8.00. The van der Waals surface area contributed by atoms with Gasteiger partial charge in [-0.15, -0.1) is 0 Å². The molecular weight excluding hydrogens is 287 g/mol. The second kappa shape index (κ2) is 6.43. The van der Waals surface area contributed by atoms with Crippen molar-refractivity contribution >= 4 is 22.7 Å². The van der Waals surface area contributed by atoms with Crippen molar-refractivity contribution in [3.63, 3.8) is 0 Å².